The molecule has 6 heteroatoms. The highest BCUT2D eigenvalue weighted by Gasteiger charge is 2.34. The number of halogens is 1. The summed E-state index contributed by atoms with van der Waals surface area (Å²) in [6, 6.07) is 18.7. The van der Waals surface area contributed by atoms with E-state index in [0.717, 1.165) is 22.6 Å². The first-order chi connectivity index (χ1) is 15.3. The van der Waals surface area contributed by atoms with E-state index in [2.05, 4.69) is 13.8 Å². The molecule has 32 heavy (non-hydrogen) atoms. The van der Waals surface area contributed by atoms with Gasteiger partial charge in [0.25, 0.3) is 5.56 Å². The van der Waals surface area contributed by atoms with Gasteiger partial charge in [0.15, 0.2) is 5.78 Å². The molecule has 4 nitrogen and oxygen atoms in total. The standard InChI is InChI=1S/C26H21ClN2O2S/c1-26(2)13-22-19(23(30)14-26)12-20(25(31)29(22)18-6-4-3-5-7-18)24-28-21(15-32-24)16-8-10-17(27)11-9-16/h3-12,15H,13-14H2,1-2H3. The van der Waals surface area contributed by atoms with Crippen LogP contribution in [0.3, 0.4) is 0 Å². The van der Waals surface area contributed by atoms with Crippen LogP contribution in [0, 0.1) is 5.41 Å². The van der Waals surface area contributed by atoms with Crippen molar-refractivity contribution in [3.8, 4) is 27.5 Å². The van der Waals surface area contributed by atoms with Crippen LogP contribution in [0.5, 0.6) is 0 Å². The van der Waals surface area contributed by atoms with Crippen molar-refractivity contribution in [1.82, 2.24) is 9.55 Å². The topological polar surface area (TPSA) is 52.0 Å². The highest BCUT2D eigenvalue weighted by molar-refractivity contribution is 7.13. The van der Waals surface area contributed by atoms with Crippen molar-refractivity contribution in [3.63, 3.8) is 0 Å². The molecule has 0 N–H and O–H groups in total. The monoisotopic (exact) mass is 460 g/mol. The van der Waals surface area contributed by atoms with Crippen LogP contribution >= 0.6 is 22.9 Å². The molecule has 1 aliphatic rings. The van der Waals surface area contributed by atoms with E-state index >= 15 is 0 Å². The highest BCUT2D eigenvalue weighted by Crippen LogP contribution is 2.37. The minimum absolute atomic E-state index is 0.0664. The van der Waals surface area contributed by atoms with E-state index in [1.54, 1.807) is 10.6 Å². The zero-order valence-electron chi connectivity index (χ0n) is 17.8. The second kappa shape index (κ2) is 7.84. The summed E-state index contributed by atoms with van der Waals surface area (Å²) in [6.07, 6.45) is 1.12. The summed E-state index contributed by atoms with van der Waals surface area (Å²) in [5.74, 6) is 0.0664. The molecule has 0 radical (unpaired) electrons. The van der Waals surface area contributed by atoms with Crippen LogP contribution in [0.15, 0.2) is 70.8 Å². The highest BCUT2D eigenvalue weighted by atomic mass is 35.5. The number of carbonyl (C=O) groups is 1. The molecule has 1 aliphatic carbocycles. The molecule has 2 aromatic heterocycles. The summed E-state index contributed by atoms with van der Waals surface area (Å²) < 4.78 is 1.70. The van der Waals surface area contributed by atoms with Crippen LogP contribution in [0.2, 0.25) is 5.02 Å². The molecular weight excluding hydrogens is 440 g/mol. The van der Waals surface area contributed by atoms with Gasteiger partial charge in [-0.2, -0.15) is 0 Å². The maximum atomic E-state index is 13.8. The van der Waals surface area contributed by atoms with Gasteiger partial charge in [0.05, 0.1) is 11.3 Å². The number of fused-ring (bicyclic) bond motifs is 1. The molecule has 0 amide bonds. The summed E-state index contributed by atoms with van der Waals surface area (Å²) in [6.45, 7) is 4.14. The number of carbonyl (C=O) groups excluding carboxylic acids is 1. The van der Waals surface area contributed by atoms with Gasteiger partial charge in [-0.3, -0.25) is 14.2 Å². The minimum Gasteiger partial charge on any atom is -0.294 e. The lowest BCUT2D eigenvalue weighted by Gasteiger charge is -2.32. The molecule has 0 unspecified atom stereocenters. The molecule has 0 bridgehead atoms. The quantitative estimate of drug-likeness (QED) is 0.353. The normalized spacial score (nSPS) is 14.9. The molecule has 2 heterocycles. The van der Waals surface area contributed by atoms with Crippen LogP contribution < -0.4 is 5.56 Å². The van der Waals surface area contributed by atoms with Crippen LogP contribution in [-0.2, 0) is 6.42 Å². The molecule has 160 valence electrons. The molecule has 4 aromatic rings. The van der Waals surface area contributed by atoms with E-state index in [1.807, 2.05) is 60.0 Å². The van der Waals surface area contributed by atoms with E-state index < -0.39 is 0 Å². The number of rotatable bonds is 3. The van der Waals surface area contributed by atoms with Crippen LogP contribution in [0.1, 0.15) is 36.3 Å². The first-order valence-electron chi connectivity index (χ1n) is 10.4. The van der Waals surface area contributed by atoms with Gasteiger partial charge in [-0.25, -0.2) is 4.98 Å². The van der Waals surface area contributed by atoms with Gasteiger partial charge < -0.3 is 0 Å². The minimum atomic E-state index is -0.197. The lowest BCUT2D eigenvalue weighted by molar-refractivity contribution is 0.0909. The van der Waals surface area contributed by atoms with Crippen molar-refractivity contribution in [1.29, 1.82) is 0 Å². The molecule has 2 aromatic carbocycles. The molecule has 0 saturated carbocycles. The molecular formula is C26H21ClN2O2S. The van der Waals surface area contributed by atoms with Gasteiger partial charge in [-0.15, -0.1) is 11.3 Å². The van der Waals surface area contributed by atoms with E-state index in [-0.39, 0.29) is 16.8 Å². The number of Topliss-reactive ketones (excluding diaryl/α,β-unsaturated/α-hetero) is 1. The molecule has 0 saturated heterocycles. The maximum absolute atomic E-state index is 13.8. The maximum Gasteiger partial charge on any atom is 0.265 e. The van der Waals surface area contributed by atoms with Crippen LogP contribution in [0.25, 0.3) is 27.5 Å². The number of para-hydroxylation sites is 1. The fourth-order valence-corrected chi connectivity index (χ4v) is 5.23. The zero-order chi connectivity index (χ0) is 22.5. The third-order valence-electron chi connectivity index (χ3n) is 5.78. The number of aromatic nitrogens is 2. The van der Waals surface area contributed by atoms with E-state index in [1.165, 1.54) is 11.3 Å². The zero-order valence-corrected chi connectivity index (χ0v) is 19.3. The third-order valence-corrected chi connectivity index (χ3v) is 6.91. The Balaban J connectivity index is 1.71. The largest absolute Gasteiger partial charge is 0.294 e. The van der Waals surface area contributed by atoms with Gasteiger partial charge in [-0.05, 0) is 42.2 Å². The lowest BCUT2D eigenvalue weighted by Crippen LogP contribution is -2.34. The van der Waals surface area contributed by atoms with Crippen molar-refractivity contribution < 1.29 is 4.79 Å². The van der Waals surface area contributed by atoms with Gasteiger partial charge in [0.2, 0.25) is 0 Å². The molecule has 0 spiro atoms. The lowest BCUT2D eigenvalue weighted by atomic mass is 9.75. The summed E-state index contributed by atoms with van der Waals surface area (Å²) in [5, 5.41) is 3.19. The van der Waals surface area contributed by atoms with Crippen molar-refractivity contribution in [2.45, 2.75) is 26.7 Å². The van der Waals surface area contributed by atoms with Gasteiger partial charge in [-0.1, -0.05) is 55.8 Å². The second-order valence-corrected chi connectivity index (χ2v) is 10.2. The Morgan fingerprint density at radius 2 is 1.69 bits per heavy atom. The molecule has 0 aliphatic heterocycles. The number of benzene rings is 2. The Bertz CT molecular complexity index is 1390. The summed E-state index contributed by atoms with van der Waals surface area (Å²) >= 11 is 7.41. The number of pyridine rings is 1. The Morgan fingerprint density at radius 3 is 2.41 bits per heavy atom. The SMILES string of the molecule is CC1(C)CC(=O)c2cc(-c3nc(-c4ccc(Cl)cc4)cs3)c(=O)n(-c3ccccc3)c2C1. The Hall–Kier alpha value is -3.02. The van der Waals surface area contributed by atoms with E-state index in [4.69, 9.17) is 16.6 Å². The fourth-order valence-electron chi connectivity index (χ4n) is 4.27. The van der Waals surface area contributed by atoms with Crippen molar-refractivity contribution >= 4 is 28.7 Å². The summed E-state index contributed by atoms with van der Waals surface area (Å²) in [7, 11) is 0. The smallest absolute Gasteiger partial charge is 0.265 e. The van der Waals surface area contributed by atoms with Crippen molar-refractivity contribution in [2.75, 3.05) is 0 Å². The predicted octanol–water partition coefficient (Wildman–Crippen LogP) is 6.44. The van der Waals surface area contributed by atoms with Crippen molar-refractivity contribution in [2.24, 2.45) is 5.41 Å². The first-order valence-corrected chi connectivity index (χ1v) is 11.7. The average Bonchev–Trinajstić information content (AvgIpc) is 3.24. The predicted molar refractivity (Wildman–Crippen MR) is 130 cm³/mol. The number of thiazole rings is 1. The fraction of sp³-hybridized carbons (Fsp3) is 0.192. The van der Waals surface area contributed by atoms with E-state index in [0.29, 0.717) is 34.0 Å². The number of hydrogen-bond acceptors (Lipinski definition) is 4. The third kappa shape index (κ3) is 3.72. The summed E-state index contributed by atoms with van der Waals surface area (Å²) in [5.41, 5.74) is 3.96. The number of nitrogens with zero attached hydrogens (tertiary/aromatic N) is 2. The Morgan fingerprint density at radius 1 is 0.969 bits per heavy atom. The molecule has 0 fully saturated rings. The first kappa shape index (κ1) is 20.9. The van der Waals surface area contributed by atoms with E-state index in [9.17, 15) is 9.59 Å². The second-order valence-electron chi connectivity index (χ2n) is 8.88. The van der Waals surface area contributed by atoms with Gasteiger partial charge in [0.1, 0.15) is 5.01 Å². The molecule has 5 rings (SSSR count). The van der Waals surface area contributed by atoms with Gasteiger partial charge >= 0.3 is 0 Å². The molecule has 0 atom stereocenters. The van der Waals surface area contributed by atoms with Crippen molar-refractivity contribution in [3.05, 3.63) is 92.7 Å². The summed E-state index contributed by atoms with van der Waals surface area (Å²) in [4.78, 5) is 31.6. The Labute approximate surface area is 195 Å². The number of ketones is 1. The van der Waals surface area contributed by atoms with Crippen LogP contribution in [0.4, 0.5) is 0 Å². The number of hydrogen-bond donors (Lipinski definition) is 0. The van der Waals surface area contributed by atoms with Crippen LogP contribution in [-0.4, -0.2) is 15.3 Å². The van der Waals surface area contributed by atoms with Gasteiger partial charge in [0, 0.05) is 39.3 Å². The Kier molecular flexibility index (Phi) is 5.11. The average molecular weight is 461 g/mol.